The van der Waals surface area contributed by atoms with Gasteiger partial charge >= 0.3 is 5.97 Å². The number of hydrogen-bond donors (Lipinski definition) is 1. The Kier molecular flexibility index (Phi) is 4.25. The van der Waals surface area contributed by atoms with E-state index in [1.165, 1.54) is 0 Å². The van der Waals surface area contributed by atoms with Gasteiger partial charge in [-0.3, -0.25) is 9.69 Å². The third-order valence-corrected chi connectivity index (χ3v) is 2.66. The molecule has 0 atom stereocenters. The van der Waals surface area contributed by atoms with Gasteiger partial charge in [0.05, 0.1) is 13.1 Å². The Bertz CT molecular complexity index is 539. The van der Waals surface area contributed by atoms with Crippen LogP contribution in [-0.2, 0) is 11.3 Å². The predicted molar refractivity (Wildman–Crippen MR) is 68.3 cm³/mol. The minimum absolute atomic E-state index is 0.0360. The Morgan fingerprint density at radius 1 is 1.37 bits per heavy atom. The van der Waals surface area contributed by atoms with Crippen molar-refractivity contribution in [2.45, 2.75) is 13.5 Å². The van der Waals surface area contributed by atoms with Crippen molar-refractivity contribution in [2.24, 2.45) is 0 Å². The highest BCUT2D eigenvalue weighted by Crippen LogP contribution is 2.16. The molecule has 2 rings (SSSR count). The zero-order valence-electron chi connectivity index (χ0n) is 10.6. The van der Waals surface area contributed by atoms with Crippen LogP contribution >= 0.6 is 0 Å². The topological polar surface area (TPSA) is 79.5 Å². The van der Waals surface area contributed by atoms with Crippen molar-refractivity contribution >= 4 is 5.97 Å². The number of carboxylic acid groups (broad SMARTS) is 1. The number of carboxylic acids is 1. The molecule has 0 fully saturated rings. The molecule has 6 nitrogen and oxygen atoms in total. The molecule has 19 heavy (non-hydrogen) atoms. The second-order valence-corrected chi connectivity index (χ2v) is 4.08. The third kappa shape index (κ3) is 3.62. The summed E-state index contributed by atoms with van der Waals surface area (Å²) >= 11 is 0. The fraction of sp³-hybridized carbons (Fsp3) is 0.308. The van der Waals surface area contributed by atoms with Gasteiger partial charge in [0.25, 0.3) is 5.89 Å². The summed E-state index contributed by atoms with van der Waals surface area (Å²) in [6.07, 6.45) is 0. The molecule has 0 spiro atoms. The van der Waals surface area contributed by atoms with E-state index in [2.05, 4.69) is 10.1 Å². The molecule has 0 bridgehead atoms. The quantitative estimate of drug-likeness (QED) is 0.851. The molecule has 0 aliphatic rings. The van der Waals surface area contributed by atoms with E-state index in [1.54, 1.807) is 4.90 Å². The van der Waals surface area contributed by atoms with Crippen LogP contribution in [0, 0.1) is 0 Å². The second-order valence-electron chi connectivity index (χ2n) is 4.08. The Labute approximate surface area is 110 Å². The van der Waals surface area contributed by atoms with Crippen LogP contribution in [0.4, 0.5) is 0 Å². The van der Waals surface area contributed by atoms with Crippen LogP contribution in [0.3, 0.4) is 0 Å². The predicted octanol–water partition coefficient (Wildman–Crippen LogP) is 1.64. The molecule has 1 aromatic heterocycles. The summed E-state index contributed by atoms with van der Waals surface area (Å²) < 4.78 is 5.17. The first kappa shape index (κ1) is 13.2. The highest BCUT2D eigenvalue weighted by atomic mass is 16.5. The molecular formula is C13H15N3O3. The highest BCUT2D eigenvalue weighted by Gasteiger charge is 2.13. The van der Waals surface area contributed by atoms with Crippen molar-refractivity contribution in [3.05, 3.63) is 36.2 Å². The van der Waals surface area contributed by atoms with Crippen molar-refractivity contribution in [3.8, 4) is 11.5 Å². The molecule has 0 radical (unpaired) electrons. The van der Waals surface area contributed by atoms with Crippen molar-refractivity contribution in [3.63, 3.8) is 0 Å². The molecule has 0 saturated heterocycles. The van der Waals surface area contributed by atoms with Crippen molar-refractivity contribution < 1.29 is 14.4 Å². The van der Waals surface area contributed by atoms with Gasteiger partial charge in [-0.15, -0.1) is 0 Å². The van der Waals surface area contributed by atoms with E-state index in [0.717, 1.165) is 5.56 Å². The number of rotatable bonds is 6. The number of aromatic nitrogens is 2. The van der Waals surface area contributed by atoms with Crippen LogP contribution < -0.4 is 0 Å². The summed E-state index contributed by atoms with van der Waals surface area (Å²) in [5, 5.41) is 12.6. The number of benzene rings is 1. The third-order valence-electron chi connectivity index (χ3n) is 2.66. The monoisotopic (exact) mass is 261 g/mol. The molecule has 6 heteroatoms. The lowest BCUT2D eigenvalue weighted by Gasteiger charge is -2.14. The first-order valence-electron chi connectivity index (χ1n) is 6.01. The lowest BCUT2D eigenvalue weighted by molar-refractivity contribution is -0.138. The summed E-state index contributed by atoms with van der Waals surface area (Å²) in [4.78, 5) is 16.7. The Morgan fingerprint density at radius 2 is 2.11 bits per heavy atom. The minimum atomic E-state index is -0.867. The molecule has 100 valence electrons. The molecule has 1 aromatic carbocycles. The number of nitrogens with zero attached hydrogens (tertiary/aromatic N) is 3. The standard InChI is InChI=1S/C13H15N3O3/c1-2-16(9-12(17)18)8-11-14-13(19-15-11)10-6-4-3-5-7-10/h3-7H,2,8-9H2,1H3,(H,17,18). The summed E-state index contributed by atoms with van der Waals surface area (Å²) in [5.41, 5.74) is 0.850. The first-order chi connectivity index (χ1) is 9.19. The van der Waals surface area contributed by atoms with Gasteiger partial charge in [-0.05, 0) is 18.7 Å². The van der Waals surface area contributed by atoms with E-state index in [0.29, 0.717) is 24.8 Å². The van der Waals surface area contributed by atoms with Gasteiger partial charge < -0.3 is 9.63 Å². The summed E-state index contributed by atoms with van der Waals surface area (Å²) in [6, 6.07) is 9.45. The van der Waals surface area contributed by atoms with E-state index in [-0.39, 0.29) is 6.54 Å². The number of aliphatic carboxylic acids is 1. The summed E-state index contributed by atoms with van der Waals surface area (Å²) in [7, 11) is 0. The maximum atomic E-state index is 10.7. The van der Waals surface area contributed by atoms with Crippen LogP contribution in [0.2, 0.25) is 0 Å². The molecule has 1 N–H and O–H groups in total. The van der Waals surface area contributed by atoms with Gasteiger partial charge in [0.1, 0.15) is 0 Å². The normalized spacial score (nSPS) is 10.8. The molecule has 0 unspecified atom stereocenters. The lowest BCUT2D eigenvalue weighted by atomic mass is 10.2. The SMILES string of the molecule is CCN(CC(=O)O)Cc1noc(-c2ccccc2)n1. The smallest absolute Gasteiger partial charge is 0.317 e. The molecule has 2 aromatic rings. The van der Waals surface area contributed by atoms with Crippen molar-refractivity contribution in [1.82, 2.24) is 15.0 Å². The van der Waals surface area contributed by atoms with Gasteiger partial charge in [-0.1, -0.05) is 30.3 Å². The van der Waals surface area contributed by atoms with E-state index in [1.807, 2.05) is 37.3 Å². The Morgan fingerprint density at radius 3 is 2.74 bits per heavy atom. The van der Waals surface area contributed by atoms with Crippen LogP contribution in [-0.4, -0.2) is 39.2 Å². The van der Waals surface area contributed by atoms with Gasteiger partial charge in [0, 0.05) is 5.56 Å². The van der Waals surface area contributed by atoms with E-state index >= 15 is 0 Å². The highest BCUT2D eigenvalue weighted by molar-refractivity contribution is 5.69. The molecule has 0 saturated carbocycles. The van der Waals surface area contributed by atoms with Crippen LogP contribution in [0.15, 0.2) is 34.9 Å². The Hall–Kier alpha value is -2.21. The van der Waals surface area contributed by atoms with Crippen molar-refractivity contribution in [1.29, 1.82) is 0 Å². The number of carbonyl (C=O) groups is 1. The molecule has 0 amide bonds. The van der Waals surface area contributed by atoms with Crippen molar-refractivity contribution in [2.75, 3.05) is 13.1 Å². The zero-order valence-corrected chi connectivity index (χ0v) is 10.6. The minimum Gasteiger partial charge on any atom is -0.480 e. The second kappa shape index (κ2) is 6.10. The number of likely N-dealkylation sites (N-methyl/N-ethyl adjacent to an activating group) is 1. The van der Waals surface area contributed by atoms with E-state index in [9.17, 15) is 4.79 Å². The Balaban J connectivity index is 2.07. The molecule has 1 heterocycles. The molecule has 0 aliphatic carbocycles. The number of hydrogen-bond acceptors (Lipinski definition) is 5. The maximum absolute atomic E-state index is 10.7. The first-order valence-corrected chi connectivity index (χ1v) is 6.01. The van der Waals surface area contributed by atoms with E-state index < -0.39 is 5.97 Å². The van der Waals surface area contributed by atoms with Crippen LogP contribution in [0.25, 0.3) is 11.5 Å². The van der Waals surface area contributed by atoms with Crippen LogP contribution in [0.1, 0.15) is 12.7 Å². The summed E-state index contributed by atoms with van der Waals surface area (Å²) in [5.74, 6) is 0.0672. The van der Waals surface area contributed by atoms with Gasteiger partial charge in [-0.2, -0.15) is 4.98 Å². The molecule has 0 aliphatic heterocycles. The van der Waals surface area contributed by atoms with Crippen LogP contribution in [0.5, 0.6) is 0 Å². The largest absolute Gasteiger partial charge is 0.480 e. The fourth-order valence-electron chi connectivity index (χ4n) is 1.69. The zero-order chi connectivity index (χ0) is 13.7. The summed E-state index contributed by atoms with van der Waals surface area (Å²) in [6.45, 7) is 2.83. The van der Waals surface area contributed by atoms with Gasteiger partial charge in [0.15, 0.2) is 5.82 Å². The van der Waals surface area contributed by atoms with Gasteiger partial charge in [-0.25, -0.2) is 0 Å². The maximum Gasteiger partial charge on any atom is 0.317 e. The average molecular weight is 261 g/mol. The lowest BCUT2D eigenvalue weighted by Crippen LogP contribution is -2.29. The average Bonchev–Trinajstić information content (AvgIpc) is 2.87. The fourth-order valence-corrected chi connectivity index (χ4v) is 1.69. The van der Waals surface area contributed by atoms with Gasteiger partial charge in [0.2, 0.25) is 0 Å². The molecular weight excluding hydrogens is 246 g/mol. The van der Waals surface area contributed by atoms with E-state index in [4.69, 9.17) is 9.63 Å².